The summed E-state index contributed by atoms with van der Waals surface area (Å²) in [6.07, 6.45) is 3.64. The number of hydrogen-bond acceptors (Lipinski definition) is 4. The van der Waals surface area contributed by atoms with Gasteiger partial charge in [-0.15, -0.1) is 0 Å². The van der Waals surface area contributed by atoms with Crippen molar-refractivity contribution < 1.29 is 9.90 Å². The van der Waals surface area contributed by atoms with E-state index in [-0.39, 0.29) is 6.04 Å². The third kappa shape index (κ3) is 5.12. The van der Waals surface area contributed by atoms with Crippen LogP contribution in [0.25, 0.3) is 0 Å². The Labute approximate surface area is 183 Å². The number of nitrogens with zero attached hydrogens (tertiary/aromatic N) is 1. The Balaban J connectivity index is 1.46. The fourth-order valence-corrected chi connectivity index (χ4v) is 4.31. The molecule has 2 aromatic carbocycles. The van der Waals surface area contributed by atoms with Crippen molar-refractivity contribution in [2.24, 2.45) is 5.92 Å². The number of benzene rings is 2. The van der Waals surface area contributed by atoms with Crippen molar-refractivity contribution in [2.75, 3.05) is 18.4 Å². The van der Waals surface area contributed by atoms with E-state index in [2.05, 4.69) is 52.0 Å². The van der Waals surface area contributed by atoms with Gasteiger partial charge in [-0.2, -0.15) is 0 Å². The molecule has 1 aliphatic heterocycles. The number of nitrogens with one attached hydrogen (secondary N) is 2. The van der Waals surface area contributed by atoms with Crippen LogP contribution in [0.5, 0.6) is 0 Å². The van der Waals surface area contributed by atoms with E-state index in [0.717, 1.165) is 48.4 Å². The molecule has 0 saturated carbocycles. The Bertz CT molecular complexity index is 1020. The summed E-state index contributed by atoms with van der Waals surface area (Å²) >= 11 is 0. The molecule has 0 aliphatic carbocycles. The third-order valence-corrected chi connectivity index (χ3v) is 6.13. The maximum Gasteiger partial charge on any atom is 0.310 e. The lowest BCUT2D eigenvalue weighted by atomic mass is 9.86. The first-order valence-electron chi connectivity index (χ1n) is 10.9. The van der Waals surface area contributed by atoms with Gasteiger partial charge in [-0.1, -0.05) is 54.6 Å². The highest BCUT2D eigenvalue weighted by Gasteiger charge is 2.27. The number of fused-ring (bicyclic) bond motifs is 1. The molecule has 1 aliphatic rings. The van der Waals surface area contributed by atoms with Crippen molar-refractivity contribution in [3.8, 4) is 0 Å². The maximum absolute atomic E-state index is 11.3. The lowest BCUT2D eigenvalue weighted by molar-refractivity contribution is -0.138. The molecule has 0 fully saturated rings. The minimum atomic E-state index is -0.793. The fourth-order valence-electron chi connectivity index (χ4n) is 4.31. The summed E-state index contributed by atoms with van der Waals surface area (Å²) in [5.74, 6) is -0.896. The van der Waals surface area contributed by atoms with Crippen LogP contribution in [0.4, 0.5) is 5.69 Å². The fraction of sp³-hybridized carbons (Fsp3) is 0.308. The van der Waals surface area contributed by atoms with Gasteiger partial charge in [0.1, 0.15) is 0 Å². The van der Waals surface area contributed by atoms with Gasteiger partial charge in [0.05, 0.1) is 17.3 Å². The van der Waals surface area contributed by atoms with E-state index in [9.17, 15) is 9.90 Å². The van der Waals surface area contributed by atoms with Crippen molar-refractivity contribution in [3.05, 3.63) is 95.3 Å². The maximum atomic E-state index is 11.3. The second-order valence-electron chi connectivity index (χ2n) is 8.24. The molecule has 5 heteroatoms. The number of anilines is 1. The molecule has 2 heterocycles. The Morgan fingerprint density at radius 2 is 1.94 bits per heavy atom. The summed E-state index contributed by atoms with van der Waals surface area (Å²) in [5.41, 5.74) is 5.54. The molecule has 3 N–H and O–H groups in total. The van der Waals surface area contributed by atoms with Crippen LogP contribution in [0.15, 0.2) is 72.9 Å². The van der Waals surface area contributed by atoms with Crippen LogP contribution in [0.3, 0.4) is 0 Å². The van der Waals surface area contributed by atoms with Crippen molar-refractivity contribution in [1.82, 2.24) is 10.3 Å². The van der Waals surface area contributed by atoms with Crippen LogP contribution in [-0.4, -0.2) is 29.1 Å². The van der Waals surface area contributed by atoms with Gasteiger partial charge in [-0.3, -0.25) is 9.78 Å². The Morgan fingerprint density at radius 1 is 1.13 bits per heavy atom. The number of aromatic nitrogens is 1. The zero-order valence-electron chi connectivity index (χ0n) is 17.8. The highest BCUT2D eigenvalue weighted by Crippen LogP contribution is 2.31. The monoisotopic (exact) mass is 415 g/mol. The van der Waals surface area contributed by atoms with E-state index >= 15 is 0 Å². The molecule has 0 saturated heterocycles. The van der Waals surface area contributed by atoms with E-state index in [1.807, 2.05) is 36.5 Å². The van der Waals surface area contributed by atoms with Gasteiger partial charge in [-0.25, -0.2) is 0 Å². The second-order valence-corrected chi connectivity index (χ2v) is 8.24. The van der Waals surface area contributed by atoms with Crippen molar-refractivity contribution in [2.45, 2.75) is 31.7 Å². The van der Waals surface area contributed by atoms with Gasteiger partial charge in [0, 0.05) is 24.7 Å². The smallest absolute Gasteiger partial charge is 0.310 e. The number of aliphatic carboxylic acids is 1. The molecule has 5 nitrogen and oxygen atoms in total. The third-order valence-electron chi connectivity index (χ3n) is 6.13. The van der Waals surface area contributed by atoms with E-state index in [1.54, 1.807) is 6.92 Å². The average Bonchev–Trinajstić information content (AvgIpc) is 2.82. The minimum absolute atomic E-state index is 0.213. The molecule has 0 spiro atoms. The summed E-state index contributed by atoms with van der Waals surface area (Å²) in [6.45, 7) is 3.44. The SMILES string of the molecule is C[C@H](C(=O)O)c1cccc(CCN[C@H](c2ccccc2)[C@H]2CNc3cccnc3C2)c1. The summed E-state index contributed by atoms with van der Waals surface area (Å²) in [7, 11) is 0. The Hall–Kier alpha value is -3.18. The van der Waals surface area contributed by atoms with Crippen molar-refractivity contribution in [3.63, 3.8) is 0 Å². The number of hydrogen-bond donors (Lipinski definition) is 3. The van der Waals surface area contributed by atoms with Crippen LogP contribution in [0.1, 0.15) is 41.3 Å². The summed E-state index contributed by atoms with van der Waals surface area (Å²) in [5, 5.41) is 16.6. The first-order valence-corrected chi connectivity index (χ1v) is 10.9. The highest BCUT2D eigenvalue weighted by atomic mass is 16.4. The first kappa shape index (κ1) is 21.1. The van der Waals surface area contributed by atoms with Gasteiger partial charge < -0.3 is 15.7 Å². The van der Waals surface area contributed by atoms with Crippen molar-refractivity contribution in [1.29, 1.82) is 0 Å². The summed E-state index contributed by atoms with van der Waals surface area (Å²) in [4.78, 5) is 15.9. The Kier molecular flexibility index (Phi) is 6.63. The summed E-state index contributed by atoms with van der Waals surface area (Å²) < 4.78 is 0. The molecule has 0 amide bonds. The van der Waals surface area contributed by atoms with Gasteiger partial charge >= 0.3 is 5.97 Å². The number of carbonyl (C=O) groups is 1. The van der Waals surface area contributed by atoms with Gasteiger partial charge in [0.25, 0.3) is 0 Å². The largest absolute Gasteiger partial charge is 0.481 e. The molecule has 1 aromatic heterocycles. The molecule has 31 heavy (non-hydrogen) atoms. The average molecular weight is 416 g/mol. The molecule has 0 radical (unpaired) electrons. The molecule has 160 valence electrons. The lowest BCUT2D eigenvalue weighted by Gasteiger charge is -2.33. The molecular formula is C26H29N3O2. The first-order chi connectivity index (χ1) is 15.1. The normalized spacial score (nSPS) is 17.3. The molecule has 0 bridgehead atoms. The van der Waals surface area contributed by atoms with Crippen LogP contribution < -0.4 is 10.6 Å². The van der Waals surface area contributed by atoms with Gasteiger partial charge in [0.2, 0.25) is 0 Å². The topological polar surface area (TPSA) is 74.2 Å². The van der Waals surface area contributed by atoms with E-state index in [4.69, 9.17) is 0 Å². The summed E-state index contributed by atoms with van der Waals surface area (Å²) in [6, 6.07) is 22.8. The quantitative estimate of drug-likeness (QED) is 0.508. The highest BCUT2D eigenvalue weighted by molar-refractivity contribution is 5.75. The minimum Gasteiger partial charge on any atom is -0.481 e. The second kappa shape index (κ2) is 9.75. The molecule has 4 rings (SSSR count). The predicted octanol–water partition coefficient (Wildman–Crippen LogP) is 4.43. The zero-order valence-corrected chi connectivity index (χ0v) is 17.8. The zero-order chi connectivity index (χ0) is 21.6. The van der Waals surface area contributed by atoms with Gasteiger partial charge in [0.15, 0.2) is 0 Å². The van der Waals surface area contributed by atoms with Crippen LogP contribution in [-0.2, 0) is 17.6 Å². The van der Waals surface area contributed by atoms with Crippen LogP contribution in [0.2, 0.25) is 0 Å². The molecule has 0 unspecified atom stereocenters. The number of carboxylic acids is 1. The molecular weight excluding hydrogens is 386 g/mol. The van der Waals surface area contributed by atoms with E-state index in [0.29, 0.717) is 5.92 Å². The van der Waals surface area contributed by atoms with E-state index < -0.39 is 11.9 Å². The molecule has 3 aromatic rings. The van der Waals surface area contributed by atoms with Crippen LogP contribution in [0, 0.1) is 5.92 Å². The number of pyridine rings is 1. The van der Waals surface area contributed by atoms with E-state index in [1.165, 1.54) is 5.56 Å². The lowest BCUT2D eigenvalue weighted by Crippen LogP contribution is -2.37. The van der Waals surface area contributed by atoms with Gasteiger partial charge in [-0.05, 0) is 55.1 Å². The Morgan fingerprint density at radius 3 is 2.74 bits per heavy atom. The molecule has 3 atom stereocenters. The number of carboxylic acid groups (broad SMARTS) is 1. The standard InChI is InChI=1S/C26H29N3O2/c1-18(26(30)31)21-10-5-7-19(15-21)12-14-28-25(20-8-3-2-4-9-20)22-16-24-23(29-17-22)11-6-13-27-24/h2-11,13,15,18,22,25,28-29H,12,14,16-17H2,1H3,(H,30,31)/t18-,22+,25+/m0/s1. The van der Waals surface area contributed by atoms with Crippen LogP contribution >= 0.6 is 0 Å². The predicted molar refractivity (Wildman–Crippen MR) is 123 cm³/mol. The number of rotatable bonds is 8. The van der Waals surface area contributed by atoms with Crippen molar-refractivity contribution >= 4 is 11.7 Å².